The Kier molecular flexibility index (Phi) is 5.53. The molecule has 34 heavy (non-hydrogen) atoms. The number of nitrogens with zero attached hydrogens (tertiary/aromatic N) is 1. The zero-order chi connectivity index (χ0) is 24.4. The maximum atomic E-state index is 15.6. The minimum absolute atomic E-state index is 0.00319. The van der Waals surface area contributed by atoms with Crippen LogP contribution in [0.15, 0.2) is 36.4 Å². The van der Waals surface area contributed by atoms with Crippen LogP contribution in [0.1, 0.15) is 31.7 Å². The van der Waals surface area contributed by atoms with E-state index in [0.29, 0.717) is 25.3 Å². The normalized spacial score (nSPS) is 26.9. The number of aliphatic hydroxyl groups is 1. The number of amides is 1. The predicted molar refractivity (Wildman–Crippen MR) is 119 cm³/mol. The molecule has 0 bridgehead atoms. The maximum Gasteiger partial charge on any atom is 0.255 e. The van der Waals surface area contributed by atoms with Gasteiger partial charge in [-0.3, -0.25) is 4.79 Å². The number of piperidine rings is 1. The number of nitrogens with one attached hydrogen (secondary N) is 1. The summed E-state index contributed by atoms with van der Waals surface area (Å²) in [7, 11) is -3.60. The van der Waals surface area contributed by atoms with E-state index in [1.54, 1.807) is 6.07 Å². The Hall–Kier alpha value is -2.43. The Morgan fingerprint density at radius 2 is 1.85 bits per heavy atom. The molecule has 3 fully saturated rings. The molecule has 5 rings (SSSR count). The number of sulfonamides is 1. The monoisotopic (exact) mass is 494 g/mol. The van der Waals surface area contributed by atoms with E-state index in [2.05, 4.69) is 4.72 Å². The lowest BCUT2D eigenvalue weighted by atomic mass is 9.94. The van der Waals surface area contributed by atoms with Gasteiger partial charge in [0.25, 0.3) is 5.91 Å². The van der Waals surface area contributed by atoms with Crippen LogP contribution in [0.4, 0.5) is 13.2 Å². The Morgan fingerprint density at radius 1 is 1.18 bits per heavy atom. The van der Waals surface area contributed by atoms with Crippen LogP contribution in [0.3, 0.4) is 0 Å². The summed E-state index contributed by atoms with van der Waals surface area (Å²) in [5.74, 6) is -3.06. The standard InChI is InChI=1S/C24H25F3N2O4S/c1-2-34(32,33)28-22-18-12-19(18)29(23(30)24(31)6-7-24)20(22)10-13-4-3-5-17(21(13)27)14-8-15(25)11-16(26)9-14/h3-5,8-9,11,18-20,22,28,31H,2,6-7,10,12H2,1H3/t18-,19+,20+,22+/m0/s1. The van der Waals surface area contributed by atoms with Gasteiger partial charge in [0.15, 0.2) is 0 Å². The third kappa shape index (κ3) is 4.12. The number of carbonyl (C=O) groups is 1. The van der Waals surface area contributed by atoms with Gasteiger partial charge in [0.1, 0.15) is 23.1 Å². The summed E-state index contributed by atoms with van der Waals surface area (Å²) >= 11 is 0. The van der Waals surface area contributed by atoms with Gasteiger partial charge < -0.3 is 10.0 Å². The van der Waals surface area contributed by atoms with Crippen LogP contribution in [-0.2, 0) is 21.2 Å². The smallest absolute Gasteiger partial charge is 0.255 e. The van der Waals surface area contributed by atoms with Gasteiger partial charge in [-0.25, -0.2) is 26.3 Å². The molecule has 1 heterocycles. The Bertz CT molecular complexity index is 1240. The van der Waals surface area contributed by atoms with Crippen LogP contribution in [0.25, 0.3) is 11.1 Å². The number of rotatable bonds is 7. The summed E-state index contributed by atoms with van der Waals surface area (Å²) in [4.78, 5) is 14.7. The lowest BCUT2D eigenvalue weighted by Gasteiger charge is -2.33. The molecule has 0 aromatic heterocycles. The molecule has 2 N–H and O–H groups in total. The van der Waals surface area contributed by atoms with Crippen molar-refractivity contribution in [1.29, 1.82) is 0 Å². The summed E-state index contributed by atoms with van der Waals surface area (Å²) in [6.07, 6.45) is 1.28. The van der Waals surface area contributed by atoms with Crippen molar-refractivity contribution in [3.8, 4) is 11.1 Å². The van der Waals surface area contributed by atoms with Crippen molar-refractivity contribution < 1.29 is 31.5 Å². The zero-order valence-corrected chi connectivity index (χ0v) is 19.3. The van der Waals surface area contributed by atoms with E-state index < -0.39 is 51.1 Å². The first-order valence-electron chi connectivity index (χ1n) is 11.3. The van der Waals surface area contributed by atoms with E-state index in [9.17, 15) is 27.1 Å². The molecule has 10 heteroatoms. The number of hydrogen-bond acceptors (Lipinski definition) is 4. The summed E-state index contributed by atoms with van der Waals surface area (Å²) < 4.78 is 70.4. The summed E-state index contributed by atoms with van der Waals surface area (Å²) in [5.41, 5.74) is -1.21. The van der Waals surface area contributed by atoms with Gasteiger partial charge in [0.05, 0.1) is 11.8 Å². The Morgan fingerprint density at radius 3 is 2.47 bits per heavy atom. The lowest BCUT2D eigenvalue weighted by molar-refractivity contribution is -0.144. The molecule has 1 amide bonds. The second kappa shape index (κ2) is 8.07. The average Bonchev–Trinajstić information content (AvgIpc) is 3.69. The average molecular weight is 495 g/mol. The van der Waals surface area contributed by atoms with Crippen LogP contribution >= 0.6 is 0 Å². The van der Waals surface area contributed by atoms with Gasteiger partial charge in [0, 0.05) is 23.7 Å². The van der Waals surface area contributed by atoms with E-state index in [-0.39, 0.29) is 40.8 Å². The van der Waals surface area contributed by atoms with Crippen LogP contribution in [0.2, 0.25) is 0 Å². The van der Waals surface area contributed by atoms with Crippen LogP contribution in [-0.4, -0.2) is 53.8 Å². The highest BCUT2D eigenvalue weighted by molar-refractivity contribution is 7.89. The minimum atomic E-state index is -3.60. The number of carbonyl (C=O) groups excluding carboxylic acids is 1. The van der Waals surface area contributed by atoms with Crippen molar-refractivity contribution in [2.75, 3.05) is 5.75 Å². The minimum Gasteiger partial charge on any atom is -0.380 e. The van der Waals surface area contributed by atoms with Crippen molar-refractivity contribution in [2.24, 2.45) is 5.92 Å². The molecule has 3 aliphatic rings. The molecular formula is C24H25F3N2O4S. The molecule has 2 saturated carbocycles. The number of benzene rings is 2. The molecule has 1 saturated heterocycles. The second-order valence-corrected chi connectivity index (χ2v) is 11.5. The van der Waals surface area contributed by atoms with Crippen molar-refractivity contribution in [2.45, 2.75) is 56.3 Å². The molecule has 0 radical (unpaired) electrons. The topological polar surface area (TPSA) is 86.7 Å². The molecule has 1 aliphatic heterocycles. The fourth-order valence-electron chi connectivity index (χ4n) is 5.06. The summed E-state index contributed by atoms with van der Waals surface area (Å²) in [6, 6.07) is 5.72. The van der Waals surface area contributed by atoms with Crippen molar-refractivity contribution in [3.63, 3.8) is 0 Å². The fourth-order valence-corrected chi connectivity index (χ4v) is 5.97. The number of likely N-dealkylation sites (tertiary alicyclic amines) is 1. The van der Waals surface area contributed by atoms with Gasteiger partial charge in [-0.15, -0.1) is 0 Å². The maximum absolute atomic E-state index is 15.6. The van der Waals surface area contributed by atoms with E-state index in [1.165, 1.54) is 24.0 Å². The number of hydrogen-bond donors (Lipinski definition) is 2. The molecule has 182 valence electrons. The van der Waals surface area contributed by atoms with Gasteiger partial charge in [-0.2, -0.15) is 0 Å². The highest BCUT2D eigenvalue weighted by Gasteiger charge is 2.64. The first kappa shape index (κ1) is 23.3. The highest BCUT2D eigenvalue weighted by Crippen LogP contribution is 2.52. The Balaban J connectivity index is 1.51. The molecule has 4 atom stereocenters. The molecule has 2 aromatic rings. The molecule has 0 unspecified atom stereocenters. The summed E-state index contributed by atoms with van der Waals surface area (Å²) in [6.45, 7) is 1.51. The molecule has 0 spiro atoms. The fraction of sp³-hybridized carbons (Fsp3) is 0.458. The third-order valence-electron chi connectivity index (χ3n) is 7.13. The molecular weight excluding hydrogens is 469 g/mol. The predicted octanol–water partition coefficient (Wildman–Crippen LogP) is 2.75. The first-order valence-corrected chi connectivity index (χ1v) is 13.0. The van der Waals surface area contributed by atoms with Gasteiger partial charge in [-0.1, -0.05) is 18.2 Å². The van der Waals surface area contributed by atoms with Crippen molar-refractivity contribution in [3.05, 3.63) is 59.4 Å². The largest absolute Gasteiger partial charge is 0.380 e. The van der Waals surface area contributed by atoms with Crippen LogP contribution in [0, 0.1) is 23.4 Å². The second-order valence-electron chi connectivity index (χ2n) is 9.47. The van der Waals surface area contributed by atoms with Crippen molar-refractivity contribution >= 4 is 15.9 Å². The van der Waals surface area contributed by atoms with Crippen LogP contribution in [0.5, 0.6) is 0 Å². The van der Waals surface area contributed by atoms with E-state index in [4.69, 9.17) is 0 Å². The van der Waals surface area contributed by atoms with E-state index >= 15 is 4.39 Å². The van der Waals surface area contributed by atoms with E-state index in [0.717, 1.165) is 12.1 Å². The molecule has 2 aliphatic carbocycles. The SMILES string of the molecule is CCS(=O)(=O)N[C@@H]1[C@H]2C[C@H]2N(C(=O)C2(O)CC2)[C@@H]1Cc1cccc(-c2cc(F)cc(F)c2)c1F. The van der Waals surface area contributed by atoms with Gasteiger partial charge >= 0.3 is 0 Å². The quantitative estimate of drug-likeness (QED) is 0.620. The van der Waals surface area contributed by atoms with E-state index in [1.807, 2.05) is 0 Å². The zero-order valence-electron chi connectivity index (χ0n) is 18.5. The van der Waals surface area contributed by atoms with Gasteiger partial charge in [-0.05, 0) is 61.8 Å². The first-order chi connectivity index (χ1) is 16.0. The number of fused-ring (bicyclic) bond motifs is 1. The summed E-state index contributed by atoms with van der Waals surface area (Å²) in [5, 5.41) is 10.5. The molecule has 2 aromatic carbocycles. The van der Waals surface area contributed by atoms with Crippen LogP contribution < -0.4 is 4.72 Å². The number of halogens is 3. The van der Waals surface area contributed by atoms with Gasteiger partial charge in [0.2, 0.25) is 10.0 Å². The highest BCUT2D eigenvalue weighted by atomic mass is 32.2. The van der Waals surface area contributed by atoms with Crippen molar-refractivity contribution in [1.82, 2.24) is 9.62 Å². The lowest BCUT2D eigenvalue weighted by Crippen LogP contribution is -2.53. The third-order valence-corrected chi connectivity index (χ3v) is 8.52. The molecule has 6 nitrogen and oxygen atoms in total. The Labute approximate surface area is 195 Å².